The Morgan fingerprint density at radius 2 is 2.31 bits per heavy atom. The van der Waals surface area contributed by atoms with E-state index in [4.69, 9.17) is 5.73 Å². The number of nitrogens with zero attached hydrogens (tertiary/aromatic N) is 2. The summed E-state index contributed by atoms with van der Waals surface area (Å²) in [6.45, 7) is 4.23. The van der Waals surface area contributed by atoms with E-state index in [1.807, 2.05) is 13.2 Å². The Hall–Kier alpha value is -0.940. The zero-order chi connectivity index (χ0) is 11.9. The van der Waals surface area contributed by atoms with Crippen LogP contribution < -0.4 is 5.73 Å². The van der Waals surface area contributed by atoms with Crippen LogP contribution in [0.3, 0.4) is 0 Å². The zero-order valence-corrected chi connectivity index (χ0v) is 10.6. The molecular formula is C11H17N3OS. The van der Waals surface area contributed by atoms with E-state index in [0.29, 0.717) is 12.3 Å². The van der Waals surface area contributed by atoms with E-state index < -0.39 is 0 Å². The number of likely N-dealkylation sites (N-methyl/N-ethyl adjacent to an activating group) is 1. The molecular weight excluding hydrogens is 222 g/mol. The van der Waals surface area contributed by atoms with Crippen molar-refractivity contribution in [3.05, 3.63) is 16.1 Å². The molecule has 1 aromatic rings. The van der Waals surface area contributed by atoms with Gasteiger partial charge in [0, 0.05) is 36.5 Å². The molecule has 1 aliphatic heterocycles. The largest absolute Gasteiger partial charge is 0.336 e. The van der Waals surface area contributed by atoms with Gasteiger partial charge >= 0.3 is 0 Å². The van der Waals surface area contributed by atoms with Gasteiger partial charge < -0.3 is 10.6 Å². The summed E-state index contributed by atoms with van der Waals surface area (Å²) in [5.74, 6) is 0.550. The second-order valence-electron chi connectivity index (χ2n) is 4.57. The first-order valence-corrected chi connectivity index (χ1v) is 6.29. The van der Waals surface area contributed by atoms with E-state index in [-0.39, 0.29) is 18.0 Å². The lowest BCUT2D eigenvalue weighted by Crippen LogP contribution is -2.29. The predicted molar refractivity (Wildman–Crippen MR) is 64.3 cm³/mol. The summed E-state index contributed by atoms with van der Waals surface area (Å²) >= 11 is 1.66. The lowest BCUT2D eigenvalue weighted by atomic mass is 10.1. The van der Waals surface area contributed by atoms with Crippen molar-refractivity contribution in [1.82, 2.24) is 9.88 Å². The average Bonchev–Trinajstić information content (AvgIpc) is 2.74. The number of hydrogen-bond donors (Lipinski definition) is 1. The van der Waals surface area contributed by atoms with Gasteiger partial charge in [-0.1, -0.05) is 13.8 Å². The third-order valence-corrected chi connectivity index (χ3v) is 4.32. The number of carbonyl (C=O) groups is 1. The Morgan fingerprint density at radius 1 is 1.62 bits per heavy atom. The van der Waals surface area contributed by atoms with Crippen LogP contribution in [-0.2, 0) is 4.79 Å². The fourth-order valence-corrected chi connectivity index (χ4v) is 3.15. The van der Waals surface area contributed by atoms with Crippen LogP contribution in [0.1, 0.15) is 42.1 Å². The van der Waals surface area contributed by atoms with Crippen LogP contribution in [-0.4, -0.2) is 28.9 Å². The Morgan fingerprint density at radius 3 is 2.75 bits per heavy atom. The summed E-state index contributed by atoms with van der Waals surface area (Å²) in [5, 5.41) is 1.11. The molecule has 0 aliphatic carbocycles. The molecule has 88 valence electrons. The van der Waals surface area contributed by atoms with E-state index in [2.05, 4.69) is 18.8 Å². The van der Waals surface area contributed by atoms with Crippen molar-refractivity contribution in [1.29, 1.82) is 0 Å². The number of carbonyl (C=O) groups excluding carboxylic acids is 1. The van der Waals surface area contributed by atoms with Crippen molar-refractivity contribution in [2.45, 2.75) is 38.3 Å². The summed E-state index contributed by atoms with van der Waals surface area (Å²) in [5.41, 5.74) is 5.99. The zero-order valence-electron chi connectivity index (χ0n) is 9.80. The first kappa shape index (κ1) is 11.5. The van der Waals surface area contributed by atoms with Gasteiger partial charge in [-0.25, -0.2) is 4.98 Å². The first-order chi connectivity index (χ1) is 7.50. The van der Waals surface area contributed by atoms with Crippen LogP contribution in [0.5, 0.6) is 0 Å². The maximum absolute atomic E-state index is 11.5. The van der Waals surface area contributed by atoms with Crippen LogP contribution in [0.4, 0.5) is 0 Å². The van der Waals surface area contributed by atoms with E-state index in [0.717, 1.165) is 9.88 Å². The molecule has 1 aromatic heterocycles. The molecule has 1 aliphatic rings. The van der Waals surface area contributed by atoms with Gasteiger partial charge in [-0.2, -0.15) is 0 Å². The van der Waals surface area contributed by atoms with Gasteiger partial charge in [0.25, 0.3) is 0 Å². The molecule has 5 heteroatoms. The number of likely N-dealkylation sites (tertiary alicyclic amines) is 1. The maximum atomic E-state index is 11.5. The number of thiazole rings is 1. The van der Waals surface area contributed by atoms with Gasteiger partial charge in [0.15, 0.2) is 0 Å². The summed E-state index contributed by atoms with van der Waals surface area (Å²) in [4.78, 5) is 18.8. The molecule has 2 atom stereocenters. The van der Waals surface area contributed by atoms with Crippen LogP contribution >= 0.6 is 11.3 Å². The molecule has 4 nitrogen and oxygen atoms in total. The van der Waals surface area contributed by atoms with Gasteiger partial charge in [0.05, 0.1) is 11.0 Å². The topological polar surface area (TPSA) is 59.2 Å². The van der Waals surface area contributed by atoms with E-state index in [9.17, 15) is 4.79 Å². The predicted octanol–water partition coefficient (Wildman–Crippen LogP) is 1.50. The highest BCUT2D eigenvalue weighted by molar-refractivity contribution is 7.11. The molecule has 1 fully saturated rings. The molecule has 2 N–H and O–H groups in total. The average molecular weight is 239 g/mol. The molecule has 0 saturated carbocycles. The third kappa shape index (κ3) is 1.85. The lowest BCUT2D eigenvalue weighted by molar-refractivity contribution is -0.127. The molecule has 0 unspecified atom stereocenters. The quantitative estimate of drug-likeness (QED) is 0.850. The van der Waals surface area contributed by atoms with Crippen molar-refractivity contribution < 1.29 is 4.79 Å². The van der Waals surface area contributed by atoms with Gasteiger partial charge in [-0.15, -0.1) is 11.3 Å². The molecule has 0 bridgehead atoms. The molecule has 1 amide bonds. The molecule has 2 rings (SSSR count). The second-order valence-corrected chi connectivity index (χ2v) is 5.67. The maximum Gasteiger partial charge on any atom is 0.224 e. The van der Waals surface area contributed by atoms with Crippen molar-refractivity contribution in [3.8, 4) is 0 Å². The highest BCUT2D eigenvalue weighted by atomic mass is 32.1. The molecule has 0 aromatic carbocycles. The minimum Gasteiger partial charge on any atom is -0.336 e. The lowest BCUT2D eigenvalue weighted by Gasteiger charge is -2.20. The van der Waals surface area contributed by atoms with Gasteiger partial charge in [0.2, 0.25) is 5.91 Å². The van der Waals surface area contributed by atoms with Gasteiger partial charge in [0.1, 0.15) is 0 Å². The van der Waals surface area contributed by atoms with Crippen LogP contribution in [0.25, 0.3) is 0 Å². The Bertz CT molecular complexity index is 402. The minimum absolute atomic E-state index is 0.0116. The summed E-state index contributed by atoms with van der Waals surface area (Å²) in [6, 6.07) is -0.0875. The molecule has 0 radical (unpaired) electrons. The molecule has 2 heterocycles. The first-order valence-electron chi connectivity index (χ1n) is 5.47. The fraction of sp³-hybridized carbons (Fsp3) is 0.636. The molecule has 0 spiro atoms. The number of rotatable bonds is 2. The van der Waals surface area contributed by atoms with Crippen molar-refractivity contribution in [2.24, 2.45) is 5.73 Å². The highest BCUT2D eigenvalue weighted by Crippen LogP contribution is 2.35. The highest BCUT2D eigenvalue weighted by Gasteiger charge is 2.37. The normalized spacial score (nSPS) is 25.8. The van der Waals surface area contributed by atoms with Crippen LogP contribution in [0, 0.1) is 0 Å². The fourth-order valence-electron chi connectivity index (χ4n) is 2.01. The summed E-state index contributed by atoms with van der Waals surface area (Å²) < 4.78 is 0. The smallest absolute Gasteiger partial charge is 0.224 e. The Balaban J connectivity index is 2.26. The summed E-state index contributed by atoms with van der Waals surface area (Å²) in [7, 11) is 1.81. The Kier molecular flexibility index (Phi) is 2.99. The van der Waals surface area contributed by atoms with Crippen LogP contribution in [0.2, 0.25) is 0 Å². The molecule has 1 saturated heterocycles. The van der Waals surface area contributed by atoms with Crippen LogP contribution in [0.15, 0.2) is 6.20 Å². The second kappa shape index (κ2) is 4.14. The third-order valence-electron chi connectivity index (χ3n) is 2.95. The summed E-state index contributed by atoms with van der Waals surface area (Å²) in [6.07, 6.45) is 2.30. The standard InChI is InChI=1S/C11H17N3OS/c1-6(2)11-13-5-8(16-11)10-7(12)4-9(15)14(10)3/h5-7,10H,4,12H2,1-3H3/t7-,10-/m1/s1. The van der Waals surface area contributed by atoms with Gasteiger partial charge in [-0.3, -0.25) is 4.79 Å². The minimum atomic E-state index is -0.0991. The number of hydrogen-bond acceptors (Lipinski definition) is 4. The molecule has 16 heavy (non-hydrogen) atoms. The van der Waals surface area contributed by atoms with Gasteiger partial charge in [-0.05, 0) is 0 Å². The number of nitrogens with two attached hydrogens (primary N) is 1. The SMILES string of the molecule is CC(C)c1ncc([C@H]2[C@H](N)CC(=O)N2C)s1. The van der Waals surface area contributed by atoms with E-state index in [1.165, 1.54) is 0 Å². The van der Waals surface area contributed by atoms with E-state index in [1.54, 1.807) is 16.2 Å². The number of aromatic nitrogens is 1. The van der Waals surface area contributed by atoms with E-state index >= 15 is 0 Å². The van der Waals surface area contributed by atoms with Crippen molar-refractivity contribution >= 4 is 17.2 Å². The Labute approximate surface area is 99.5 Å². The van der Waals surface area contributed by atoms with Crippen molar-refractivity contribution in [2.75, 3.05) is 7.05 Å². The monoisotopic (exact) mass is 239 g/mol. The van der Waals surface area contributed by atoms with Crippen molar-refractivity contribution in [3.63, 3.8) is 0 Å². The number of amides is 1.